The molecule has 0 aromatic heterocycles. The second-order valence-electron chi connectivity index (χ2n) is 3.87. The van der Waals surface area contributed by atoms with Crippen LogP contribution in [-0.2, 0) is 0 Å². The van der Waals surface area contributed by atoms with E-state index in [-0.39, 0.29) is 5.54 Å². The minimum atomic E-state index is 0.238. The minimum Gasteiger partial charge on any atom is -0.396 e. The average Bonchev–Trinajstić information content (AvgIpc) is 1.94. The van der Waals surface area contributed by atoms with E-state index in [1.165, 1.54) is 6.42 Å². The van der Waals surface area contributed by atoms with Gasteiger partial charge in [-0.3, -0.25) is 0 Å². The Morgan fingerprint density at radius 3 is 2.42 bits per heavy atom. The summed E-state index contributed by atoms with van der Waals surface area (Å²) in [4.78, 5) is 0. The Balaban J connectivity index is 3.01. The van der Waals surface area contributed by atoms with Crippen molar-refractivity contribution in [1.29, 1.82) is 0 Å². The van der Waals surface area contributed by atoms with Gasteiger partial charge in [-0.05, 0) is 39.5 Å². The van der Waals surface area contributed by atoms with Gasteiger partial charge < -0.3 is 10.4 Å². The van der Waals surface area contributed by atoms with Crippen LogP contribution >= 0.6 is 11.8 Å². The predicted molar refractivity (Wildman–Crippen MR) is 56.8 cm³/mol. The van der Waals surface area contributed by atoms with Gasteiger partial charge in [0.2, 0.25) is 0 Å². The summed E-state index contributed by atoms with van der Waals surface area (Å²) in [5.41, 5.74) is 0.238. The Bertz CT molecular complexity index is 101. The van der Waals surface area contributed by atoms with Crippen LogP contribution in [0.4, 0.5) is 0 Å². The molecule has 0 heterocycles. The molecular weight excluding hydrogens is 170 g/mol. The molecule has 0 rings (SSSR count). The van der Waals surface area contributed by atoms with Gasteiger partial charge in [-0.25, -0.2) is 0 Å². The number of rotatable bonds is 6. The smallest absolute Gasteiger partial charge is 0.0521 e. The summed E-state index contributed by atoms with van der Waals surface area (Å²) < 4.78 is 0. The first-order valence-electron chi connectivity index (χ1n) is 4.50. The molecule has 0 fully saturated rings. The number of hydrogen-bond donors (Lipinski definition) is 2. The van der Waals surface area contributed by atoms with Crippen LogP contribution in [0, 0.1) is 0 Å². The van der Waals surface area contributed by atoms with Gasteiger partial charge in [0.05, 0.1) is 6.61 Å². The van der Waals surface area contributed by atoms with Crippen molar-refractivity contribution in [3.8, 4) is 0 Å². The summed E-state index contributed by atoms with van der Waals surface area (Å²) in [6, 6.07) is 0. The second-order valence-corrected chi connectivity index (χ2v) is 5.09. The highest BCUT2D eigenvalue weighted by atomic mass is 32.2. The Labute approximate surface area is 80.1 Å². The van der Waals surface area contributed by atoms with Gasteiger partial charge >= 0.3 is 0 Å². The first-order chi connectivity index (χ1) is 5.56. The van der Waals surface area contributed by atoms with Crippen molar-refractivity contribution in [3.05, 3.63) is 0 Å². The first-order valence-corrected chi connectivity index (χ1v) is 5.65. The highest BCUT2D eigenvalue weighted by Gasteiger charge is 2.06. The van der Waals surface area contributed by atoms with Gasteiger partial charge in [-0.1, -0.05) is 0 Å². The molecule has 2 nitrogen and oxygen atoms in total. The molecule has 0 saturated carbocycles. The summed E-state index contributed by atoms with van der Waals surface area (Å²) >= 11 is 1.81. The highest BCUT2D eigenvalue weighted by Crippen LogP contribution is 2.02. The molecule has 0 aromatic carbocycles. The minimum absolute atomic E-state index is 0.238. The number of aliphatic hydroxyl groups excluding tert-OH is 1. The van der Waals surface area contributed by atoms with Crippen LogP contribution in [0.5, 0.6) is 0 Å². The lowest BCUT2D eigenvalue weighted by Crippen LogP contribution is -2.36. The summed E-state index contributed by atoms with van der Waals surface area (Å²) in [5, 5.41) is 11.9. The van der Waals surface area contributed by atoms with E-state index in [2.05, 4.69) is 26.1 Å². The van der Waals surface area contributed by atoms with Crippen LogP contribution in [0.1, 0.15) is 27.2 Å². The molecule has 0 radical (unpaired) electrons. The third kappa shape index (κ3) is 10.3. The Kier molecular flexibility index (Phi) is 6.90. The van der Waals surface area contributed by atoms with E-state index in [1.54, 1.807) is 0 Å². The van der Waals surface area contributed by atoms with Gasteiger partial charge in [-0.2, -0.15) is 11.8 Å². The summed E-state index contributed by atoms with van der Waals surface area (Å²) in [6.07, 6.45) is 1.18. The van der Waals surface area contributed by atoms with E-state index in [0.29, 0.717) is 6.61 Å². The number of aliphatic hydroxyl groups is 1. The average molecular weight is 191 g/mol. The van der Waals surface area contributed by atoms with Crippen LogP contribution in [0.25, 0.3) is 0 Å². The lowest BCUT2D eigenvalue weighted by molar-refractivity contribution is 0.322. The quantitative estimate of drug-likeness (QED) is 0.624. The Morgan fingerprint density at radius 1 is 1.25 bits per heavy atom. The molecule has 0 aliphatic carbocycles. The lowest BCUT2D eigenvalue weighted by atomic mass is 10.1. The van der Waals surface area contributed by atoms with Crippen LogP contribution in [-0.4, -0.2) is 35.3 Å². The van der Waals surface area contributed by atoms with Crippen molar-refractivity contribution in [2.24, 2.45) is 0 Å². The molecule has 0 aromatic rings. The molecule has 0 bridgehead atoms. The zero-order valence-corrected chi connectivity index (χ0v) is 9.21. The van der Waals surface area contributed by atoms with E-state index < -0.39 is 0 Å². The van der Waals surface area contributed by atoms with Crippen LogP contribution in [0.3, 0.4) is 0 Å². The molecule has 3 heteroatoms. The number of thioether (sulfide) groups is 1. The number of hydrogen-bond acceptors (Lipinski definition) is 3. The van der Waals surface area contributed by atoms with E-state index in [9.17, 15) is 0 Å². The predicted octanol–water partition coefficient (Wildman–Crippen LogP) is 1.49. The highest BCUT2D eigenvalue weighted by molar-refractivity contribution is 7.99. The van der Waals surface area contributed by atoms with Crippen LogP contribution in [0.2, 0.25) is 0 Å². The van der Waals surface area contributed by atoms with Gasteiger partial charge in [0, 0.05) is 11.3 Å². The van der Waals surface area contributed by atoms with Gasteiger partial charge in [0.25, 0.3) is 0 Å². The maximum absolute atomic E-state index is 8.52. The molecule has 0 amide bonds. The number of nitrogens with one attached hydrogen (secondary N) is 1. The van der Waals surface area contributed by atoms with E-state index >= 15 is 0 Å². The third-order valence-corrected chi connectivity index (χ3v) is 2.41. The molecule has 12 heavy (non-hydrogen) atoms. The van der Waals surface area contributed by atoms with Crippen LogP contribution in [0.15, 0.2) is 0 Å². The fourth-order valence-corrected chi connectivity index (χ4v) is 1.49. The largest absolute Gasteiger partial charge is 0.396 e. The molecular formula is C9H21NOS. The fraction of sp³-hybridized carbons (Fsp3) is 1.00. The summed E-state index contributed by atoms with van der Waals surface area (Å²) in [7, 11) is 0. The van der Waals surface area contributed by atoms with Crippen molar-refractivity contribution < 1.29 is 5.11 Å². The van der Waals surface area contributed by atoms with Gasteiger partial charge in [0.1, 0.15) is 0 Å². The Morgan fingerprint density at radius 2 is 1.92 bits per heavy atom. The van der Waals surface area contributed by atoms with Crippen LogP contribution < -0.4 is 5.32 Å². The monoisotopic (exact) mass is 191 g/mol. The zero-order valence-electron chi connectivity index (χ0n) is 8.39. The van der Waals surface area contributed by atoms with Crippen molar-refractivity contribution in [2.45, 2.75) is 32.7 Å². The van der Waals surface area contributed by atoms with Gasteiger partial charge in [-0.15, -0.1) is 0 Å². The third-order valence-electron chi connectivity index (χ3n) is 1.36. The van der Waals surface area contributed by atoms with Crippen molar-refractivity contribution in [1.82, 2.24) is 5.32 Å². The molecule has 0 spiro atoms. The zero-order chi connectivity index (χ0) is 9.45. The molecule has 2 N–H and O–H groups in total. The summed E-state index contributed by atoms with van der Waals surface area (Å²) in [6.45, 7) is 7.90. The molecule has 0 saturated heterocycles. The van der Waals surface area contributed by atoms with Gasteiger partial charge in [0.15, 0.2) is 0 Å². The maximum Gasteiger partial charge on any atom is 0.0521 e. The molecule has 0 unspecified atom stereocenters. The normalized spacial score (nSPS) is 12.0. The lowest BCUT2D eigenvalue weighted by Gasteiger charge is -2.20. The standard InChI is InChI=1S/C9H21NOS/c1-9(2,3)10-5-4-7-12-8-6-11/h10-11H,4-8H2,1-3H3. The fourth-order valence-electron chi connectivity index (χ4n) is 0.804. The molecule has 0 aliphatic heterocycles. The molecule has 0 aliphatic rings. The topological polar surface area (TPSA) is 32.3 Å². The van der Waals surface area contributed by atoms with Crippen molar-refractivity contribution in [3.63, 3.8) is 0 Å². The second kappa shape index (κ2) is 6.75. The SMILES string of the molecule is CC(C)(C)NCCCSCCO. The Hall–Kier alpha value is 0.270. The van der Waals surface area contributed by atoms with E-state index in [1.807, 2.05) is 11.8 Å². The molecule has 0 atom stereocenters. The van der Waals surface area contributed by atoms with Crippen molar-refractivity contribution in [2.75, 3.05) is 24.7 Å². The molecule has 74 valence electrons. The summed E-state index contributed by atoms with van der Waals surface area (Å²) in [5.74, 6) is 2.01. The first kappa shape index (κ1) is 12.3. The van der Waals surface area contributed by atoms with E-state index in [0.717, 1.165) is 18.1 Å². The van der Waals surface area contributed by atoms with Crippen molar-refractivity contribution >= 4 is 11.8 Å². The van der Waals surface area contributed by atoms with E-state index in [4.69, 9.17) is 5.11 Å². The maximum atomic E-state index is 8.52.